The van der Waals surface area contributed by atoms with Crippen LogP contribution in [0.2, 0.25) is 0 Å². The third-order valence-electron chi connectivity index (χ3n) is 3.29. The number of para-hydroxylation sites is 1. The van der Waals surface area contributed by atoms with Gasteiger partial charge in [-0.25, -0.2) is 0 Å². The number of aromatic nitrogens is 1. The Morgan fingerprint density at radius 1 is 0.900 bits per heavy atom. The molecule has 0 N–H and O–H groups in total. The smallest absolute Gasteiger partial charge is 0.189 e. The van der Waals surface area contributed by atoms with Gasteiger partial charge < -0.3 is 4.57 Å². The zero-order chi connectivity index (χ0) is 13.9. The van der Waals surface area contributed by atoms with E-state index in [1.54, 1.807) is 24.4 Å². The van der Waals surface area contributed by atoms with E-state index in [2.05, 4.69) is 0 Å². The van der Waals surface area contributed by atoms with Gasteiger partial charge in [-0.05, 0) is 12.1 Å². The summed E-state index contributed by atoms with van der Waals surface area (Å²) in [6.07, 6.45) is 1.67. The van der Waals surface area contributed by atoms with Crippen LogP contribution in [0.15, 0.2) is 71.7 Å². The van der Waals surface area contributed by atoms with Gasteiger partial charge >= 0.3 is 0 Å². The third kappa shape index (κ3) is 2.26. The fourth-order valence-corrected chi connectivity index (χ4v) is 2.27. The topological polar surface area (TPSA) is 39.1 Å². The molecule has 1 heterocycles. The Bertz CT molecular complexity index is 819. The molecule has 3 nitrogen and oxygen atoms in total. The molecule has 0 spiro atoms. The van der Waals surface area contributed by atoms with E-state index in [0.29, 0.717) is 10.9 Å². The van der Waals surface area contributed by atoms with Crippen LogP contribution in [-0.4, -0.2) is 10.4 Å². The van der Waals surface area contributed by atoms with Gasteiger partial charge in [0.05, 0.1) is 12.1 Å². The van der Waals surface area contributed by atoms with Gasteiger partial charge in [0, 0.05) is 23.2 Å². The van der Waals surface area contributed by atoms with Crippen LogP contribution in [0.5, 0.6) is 0 Å². The molecule has 20 heavy (non-hydrogen) atoms. The molecule has 3 heteroatoms. The second-order valence-corrected chi connectivity index (χ2v) is 4.61. The first kappa shape index (κ1) is 12.4. The van der Waals surface area contributed by atoms with Crippen LogP contribution in [0.25, 0.3) is 10.9 Å². The van der Waals surface area contributed by atoms with Crippen molar-refractivity contribution in [1.82, 2.24) is 4.57 Å². The summed E-state index contributed by atoms with van der Waals surface area (Å²) >= 11 is 0. The van der Waals surface area contributed by atoms with E-state index in [1.165, 1.54) is 6.07 Å². The summed E-state index contributed by atoms with van der Waals surface area (Å²) in [7, 11) is 0. The zero-order valence-electron chi connectivity index (χ0n) is 10.8. The molecule has 0 atom stereocenters. The van der Waals surface area contributed by atoms with E-state index in [0.717, 1.165) is 5.52 Å². The third-order valence-corrected chi connectivity index (χ3v) is 3.29. The number of Topliss-reactive ketones (excluding diaryl/α,β-unsaturated/α-hetero) is 1. The summed E-state index contributed by atoms with van der Waals surface area (Å²) in [5.41, 5.74) is 1.43. The van der Waals surface area contributed by atoms with E-state index in [4.69, 9.17) is 0 Å². The van der Waals surface area contributed by atoms with Crippen molar-refractivity contribution in [3.8, 4) is 0 Å². The molecule has 0 bridgehead atoms. The summed E-state index contributed by atoms with van der Waals surface area (Å²) < 4.78 is 1.81. The van der Waals surface area contributed by atoms with Gasteiger partial charge in [-0.2, -0.15) is 0 Å². The molecular formula is C17H13NO2. The molecule has 3 aromatic rings. The normalized spacial score (nSPS) is 10.6. The monoisotopic (exact) mass is 263 g/mol. The molecule has 0 radical (unpaired) electrons. The van der Waals surface area contributed by atoms with Gasteiger partial charge in [-0.3, -0.25) is 9.59 Å². The molecule has 0 fully saturated rings. The second kappa shape index (κ2) is 5.13. The number of benzene rings is 2. The Kier molecular flexibility index (Phi) is 3.17. The number of fused-ring (bicyclic) bond motifs is 1. The zero-order valence-corrected chi connectivity index (χ0v) is 10.8. The minimum Gasteiger partial charge on any atom is -0.339 e. The van der Waals surface area contributed by atoms with Crippen molar-refractivity contribution in [1.29, 1.82) is 0 Å². The van der Waals surface area contributed by atoms with Crippen molar-refractivity contribution in [3.05, 3.63) is 82.6 Å². The van der Waals surface area contributed by atoms with Crippen molar-refractivity contribution in [2.75, 3.05) is 0 Å². The van der Waals surface area contributed by atoms with Gasteiger partial charge in [0.1, 0.15) is 0 Å². The van der Waals surface area contributed by atoms with E-state index in [1.807, 2.05) is 41.0 Å². The van der Waals surface area contributed by atoms with Gasteiger partial charge in [0.15, 0.2) is 11.2 Å². The number of rotatable bonds is 3. The fraction of sp³-hybridized carbons (Fsp3) is 0.0588. The van der Waals surface area contributed by atoms with Crippen LogP contribution in [0.3, 0.4) is 0 Å². The summed E-state index contributed by atoms with van der Waals surface area (Å²) in [5, 5.41) is 0.635. The van der Waals surface area contributed by atoms with Crippen LogP contribution >= 0.6 is 0 Å². The largest absolute Gasteiger partial charge is 0.339 e. The average Bonchev–Trinajstić information content (AvgIpc) is 2.51. The number of hydrogen-bond acceptors (Lipinski definition) is 2. The Morgan fingerprint density at radius 2 is 1.60 bits per heavy atom. The Morgan fingerprint density at radius 3 is 2.40 bits per heavy atom. The molecule has 98 valence electrons. The number of ketones is 1. The average molecular weight is 263 g/mol. The quantitative estimate of drug-likeness (QED) is 0.681. The van der Waals surface area contributed by atoms with Crippen LogP contribution in [0.4, 0.5) is 0 Å². The lowest BCUT2D eigenvalue weighted by atomic mass is 10.1. The Balaban J connectivity index is 2.02. The summed E-state index contributed by atoms with van der Waals surface area (Å²) in [5.74, 6) is 0.0272. The first-order valence-corrected chi connectivity index (χ1v) is 6.42. The highest BCUT2D eigenvalue weighted by molar-refractivity contribution is 5.96. The van der Waals surface area contributed by atoms with Crippen LogP contribution in [0.1, 0.15) is 10.4 Å². The minimum absolute atomic E-state index is 0.0241. The predicted octanol–water partition coefficient (Wildman–Crippen LogP) is 2.88. The van der Waals surface area contributed by atoms with E-state index in [-0.39, 0.29) is 17.8 Å². The molecule has 3 rings (SSSR count). The van der Waals surface area contributed by atoms with Gasteiger partial charge in [-0.15, -0.1) is 0 Å². The highest BCUT2D eigenvalue weighted by atomic mass is 16.1. The highest BCUT2D eigenvalue weighted by Gasteiger charge is 2.08. The summed E-state index contributed by atoms with van der Waals surface area (Å²) in [4.78, 5) is 24.0. The Hall–Kier alpha value is -2.68. The van der Waals surface area contributed by atoms with Crippen molar-refractivity contribution >= 4 is 16.7 Å². The minimum atomic E-state index is -0.0241. The number of carbonyl (C=O) groups is 1. The van der Waals surface area contributed by atoms with Crippen molar-refractivity contribution < 1.29 is 4.79 Å². The van der Waals surface area contributed by atoms with Crippen LogP contribution in [0, 0.1) is 0 Å². The SMILES string of the molecule is O=C(Cn1ccc(=O)c2ccccc21)c1ccccc1. The predicted molar refractivity (Wildman–Crippen MR) is 79.0 cm³/mol. The second-order valence-electron chi connectivity index (χ2n) is 4.61. The maximum Gasteiger partial charge on any atom is 0.189 e. The van der Waals surface area contributed by atoms with Crippen LogP contribution in [-0.2, 0) is 6.54 Å². The molecule has 0 saturated heterocycles. The van der Waals surface area contributed by atoms with E-state index >= 15 is 0 Å². The number of hydrogen-bond donors (Lipinski definition) is 0. The summed E-state index contributed by atoms with van der Waals surface area (Å²) in [6.45, 7) is 0.227. The molecule has 0 unspecified atom stereocenters. The molecule has 0 saturated carbocycles. The number of carbonyl (C=O) groups excluding carboxylic acids is 1. The molecule has 0 aliphatic heterocycles. The fourth-order valence-electron chi connectivity index (χ4n) is 2.27. The van der Waals surface area contributed by atoms with Crippen LogP contribution < -0.4 is 5.43 Å². The van der Waals surface area contributed by atoms with E-state index in [9.17, 15) is 9.59 Å². The first-order chi connectivity index (χ1) is 9.75. The molecule has 0 aliphatic rings. The Labute approximate surface area is 116 Å². The van der Waals surface area contributed by atoms with Crippen molar-refractivity contribution in [2.24, 2.45) is 0 Å². The molecule has 1 aromatic heterocycles. The van der Waals surface area contributed by atoms with Gasteiger partial charge in [-0.1, -0.05) is 42.5 Å². The van der Waals surface area contributed by atoms with Gasteiger partial charge in [0.25, 0.3) is 0 Å². The van der Waals surface area contributed by atoms with Gasteiger partial charge in [0.2, 0.25) is 0 Å². The lowest BCUT2D eigenvalue weighted by Gasteiger charge is -2.09. The highest BCUT2D eigenvalue weighted by Crippen LogP contribution is 2.11. The summed E-state index contributed by atoms with van der Waals surface area (Å²) in [6, 6.07) is 18.0. The molecule has 0 amide bonds. The van der Waals surface area contributed by atoms with Crippen molar-refractivity contribution in [2.45, 2.75) is 6.54 Å². The lowest BCUT2D eigenvalue weighted by molar-refractivity contribution is 0.0973. The standard InChI is InChI=1S/C17H13NO2/c19-16-10-11-18(15-9-5-4-8-14(15)16)12-17(20)13-6-2-1-3-7-13/h1-11H,12H2. The molecule has 2 aromatic carbocycles. The first-order valence-electron chi connectivity index (χ1n) is 6.42. The maximum absolute atomic E-state index is 12.2. The number of pyridine rings is 1. The van der Waals surface area contributed by atoms with E-state index < -0.39 is 0 Å². The molecular weight excluding hydrogens is 250 g/mol. The van der Waals surface area contributed by atoms with Crippen molar-refractivity contribution in [3.63, 3.8) is 0 Å². The molecule has 0 aliphatic carbocycles. The number of nitrogens with zero attached hydrogens (tertiary/aromatic N) is 1. The lowest BCUT2D eigenvalue weighted by Crippen LogP contribution is -2.14. The maximum atomic E-state index is 12.2.